The molecule has 0 aliphatic carbocycles. The van der Waals surface area contributed by atoms with E-state index < -0.39 is 6.10 Å². The van der Waals surface area contributed by atoms with Crippen LogP contribution in [0.5, 0.6) is 0 Å². The third-order valence-electron chi connectivity index (χ3n) is 4.66. The number of amides is 1. The van der Waals surface area contributed by atoms with Crippen molar-refractivity contribution in [3.8, 4) is 0 Å². The van der Waals surface area contributed by atoms with E-state index in [4.69, 9.17) is 10.2 Å². The molecule has 3 heterocycles. The Hall–Kier alpha value is -1.63. The number of aliphatic hydroxyl groups excluding tert-OH is 1. The van der Waals surface area contributed by atoms with Crippen molar-refractivity contribution < 1.29 is 14.3 Å². The van der Waals surface area contributed by atoms with Crippen LogP contribution in [0.3, 0.4) is 0 Å². The highest BCUT2D eigenvalue weighted by atomic mass is 32.1. The Kier molecular flexibility index (Phi) is 5.71. The highest BCUT2D eigenvalue weighted by Gasteiger charge is 2.25. The third kappa shape index (κ3) is 4.26. The molecule has 3 rings (SSSR count). The van der Waals surface area contributed by atoms with Crippen molar-refractivity contribution in [3.63, 3.8) is 0 Å². The molecule has 1 amide bonds. The molecule has 1 aliphatic rings. The second kappa shape index (κ2) is 7.96. The summed E-state index contributed by atoms with van der Waals surface area (Å²) in [6.45, 7) is 1.81. The van der Waals surface area contributed by atoms with E-state index in [2.05, 4.69) is 4.90 Å². The molecule has 1 saturated heterocycles. The topological polar surface area (TPSA) is 79.7 Å². The Labute approximate surface area is 146 Å². The van der Waals surface area contributed by atoms with Gasteiger partial charge < -0.3 is 15.3 Å². The van der Waals surface area contributed by atoms with E-state index in [0.717, 1.165) is 24.4 Å². The molecule has 2 aromatic rings. The molecular formula is C18H24N2O3S. The number of nitrogens with zero attached hydrogens (tertiary/aromatic N) is 1. The fourth-order valence-electron chi connectivity index (χ4n) is 3.36. The number of furan rings is 1. The summed E-state index contributed by atoms with van der Waals surface area (Å²) in [6.07, 6.45) is 6.34. The lowest BCUT2D eigenvalue weighted by atomic mass is 10.0. The van der Waals surface area contributed by atoms with Gasteiger partial charge >= 0.3 is 0 Å². The number of carbonyl (C=O) groups excluding carboxylic acids is 1. The van der Waals surface area contributed by atoms with Crippen LogP contribution >= 0.6 is 11.3 Å². The van der Waals surface area contributed by atoms with E-state index in [-0.39, 0.29) is 5.91 Å². The first-order valence-electron chi connectivity index (χ1n) is 8.46. The molecule has 6 heteroatoms. The molecular weight excluding hydrogens is 324 g/mol. The number of aliphatic hydroxyl groups is 1. The van der Waals surface area contributed by atoms with Gasteiger partial charge in [-0.3, -0.25) is 9.69 Å². The molecule has 0 aromatic carbocycles. The van der Waals surface area contributed by atoms with Gasteiger partial charge in [0.15, 0.2) is 0 Å². The fraction of sp³-hybridized carbons (Fsp3) is 0.500. The van der Waals surface area contributed by atoms with Crippen molar-refractivity contribution >= 4 is 17.2 Å². The van der Waals surface area contributed by atoms with Gasteiger partial charge in [0.25, 0.3) is 0 Å². The first-order chi connectivity index (χ1) is 11.6. The zero-order valence-corrected chi connectivity index (χ0v) is 14.5. The summed E-state index contributed by atoms with van der Waals surface area (Å²) >= 11 is 1.57. The Balaban J connectivity index is 1.68. The normalized spacial score (nSPS) is 20.6. The van der Waals surface area contributed by atoms with Crippen molar-refractivity contribution in [2.45, 2.75) is 50.8 Å². The van der Waals surface area contributed by atoms with Crippen LogP contribution in [0.15, 0.2) is 34.3 Å². The second-order valence-corrected chi connectivity index (χ2v) is 7.40. The van der Waals surface area contributed by atoms with Gasteiger partial charge in [-0.2, -0.15) is 0 Å². The largest absolute Gasteiger partial charge is 0.467 e. The highest BCUT2D eigenvalue weighted by molar-refractivity contribution is 7.10. The Bertz CT molecular complexity index is 653. The quantitative estimate of drug-likeness (QED) is 0.839. The van der Waals surface area contributed by atoms with Crippen molar-refractivity contribution in [2.24, 2.45) is 5.73 Å². The van der Waals surface area contributed by atoms with Crippen molar-refractivity contribution in [1.29, 1.82) is 0 Å². The van der Waals surface area contributed by atoms with Gasteiger partial charge in [0.2, 0.25) is 5.91 Å². The van der Waals surface area contributed by atoms with Crippen LogP contribution in [0.25, 0.3) is 0 Å². The Morgan fingerprint density at radius 2 is 2.33 bits per heavy atom. The maximum atomic E-state index is 11.3. The summed E-state index contributed by atoms with van der Waals surface area (Å²) in [6, 6.07) is 5.83. The summed E-state index contributed by atoms with van der Waals surface area (Å²) in [5, 5.41) is 12.3. The minimum atomic E-state index is -0.574. The average Bonchev–Trinajstić information content (AvgIpc) is 3.20. The average molecular weight is 348 g/mol. The SMILES string of the molecule is NC(=O)c1csc(CN2CCCCC[C@@H]2C[C@H](O)c2ccco2)c1. The molecule has 1 fully saturated rings. The summed E-state index contributed by atoms with van der Waals surface area (Å²) in [5.41, 5.74) is 5.92. The van der Waals surface area contributed by atoms with Gasteiger partial charge in [-0.15, -0.1) is 11.3 Å². The molecule has 0 unspecified atom stereocenters. The third-order valence-corrected chi connectivity index (χ3v) is 5.58. The van der Waals surface area contributed by atoms with E-state index in [9.17, 15) is 9.90 Å². The van der Waals surface area contributed by atoms with Crippen LogP contribution in [-0.2, 0) is 6.54 Å². The smallest absolute Gasteiger partial charge is 0.249 e. The molecule has 0 bridgehead atoms. The maximum absolute atomic E-state index is 11.3. The van der Waals surface area contributed by atoms with Gasteiger partial charge in [0.1, 0.15) is 11.9 Å². The monoisotopic (exact) mass is 348 g/mol. The van der Waals surface area contributed by atoms with E-state index in [1.54, 1.807) is 23.7 Å². The van der Waals surface area contributed by atoms with E-state index in [0.29, 0.717) is 23.8 Å². The van der Waals surface area contributed by atoms with Gasteiger partial charge in [-0.25, -0.2) is 0 Å². The van der Waals surface area contributed by atoms with Crippen molar-refractivity contribution in [1.82, 2.24) is 4.90 Å². The Morgan fingerprint density at radius 3 is 3.04 bits per heavy atom. The number of hydrogen-bond donors (Lipinski definition) is 2. The van der Waals surface area contributed by atoms with Crippen LogP contribution in [-0.4, -0.2) is 28.5 Å². The van der Waals surface area contributed by atoms with E-state index >= 15 is 0 Å². The number of nitrogens with two attached hydrogens (primary N) is 1. The van der Waals surface area contributed by atoms with Gasteiger partial charge in [-0.05, 0) is 44.0 Å². The molecule has 130 valence electrons. The minimum absolute atomic E-state index is 0.312. The minimum Gasteiger partial charge on any atom is -0.467 e. The Morgan fingerprint density at radius 1 is 1.46 bits per heavy atom. The highest BCUT2D eigenvalue weighted by Crippen LogP contribution is 2.28. The number of carbonyl (C=O) groups is 1. The molecule has 0 radical (unpaired) electrons. The zero-order chi connectivity index (χ0) is 16.9. The van der Waals surface area contributed by atoms with Crippen molar-refractivity contribution in [3.05, 3.63) is 46.0 Å². The predicted molar refractivity (Wildman–Crippen MR) is 93.8 cm³/mol. The molecule has 24 heavy (non-hydrogen) atoms. The molecule has 3 N–H and O–H groups in total. The molecule has 0 saturated carbocycles. The van der Waals surface area contributed by atoms with Crippen LogP contribution in [0.2, 0.25) is 0 Å². The number of thiophene rings is 1. The summed E-state index contributed by atoms with van der Waals surface area (Å²) in [5.74, 6) is 0.254. The first kappa shape index (κ1) is 17.2. The van der Waals surface area contributed by atoms with Crippen LogP contribution < -0.4 is 5.73 Å². The zero-order valence-electron chi connectivity index (χ0n) is 13.7. The lowest BCUT2D eigenvalue weighted by Gasteiger charge is -2.30. The molecule has 0 spiro atoms. The summed E-state index contributed by atoms with van der Waals surface area (Å²) in [4.78, 5) is 14.8. The van der Waals surface area contributed by atoms with Crippen LogP contribution in [0, 0.1) is 0 Å². The van der Waals surface area contributed by atoms with Gasteiger partial charge in [0.05, 0.1) is 11.8 Å². The first-order valence-corrected chi connectivity index (χ1v) is 9.34. The molecule has 2 atom stereocenters. The van der Waals surface area contributed by atoms with Gasteiger partial charge in [0, 0.05) is 22.8 Å². The molecule has 5 nitrogen and oxygen atoms in total. The summed E-state index contributed by atoms with van der Waals surface area (Å²) in [7, 11) is 0. The number of primary amides is 1. The molecule has 2 aromatic heterocycles. The lowest BCUT2D eigenvalue weighted by Crippen LogP contribution is -2.35. The van der Waals surface area contributed by atoms with Crippen molar-refractivity contribution in [2.75, 3.05) is 6.54 Å². The van der Waals surface area contributed by atoms with E-state index in [1.165, 1.54) is 19.3 Å². The number of hydrogen-bond acceptors (Lipinski definition) is 5. The van der Waals surface area contributed by atoms with Crippen LogP contribution in [0.1, 0.15) is 59.2 Å². The fourth-order valence-corrected chi connectivity index (χ4v) is 4.26. The number of rotatable bonds is 6. The predicted octanol–water partition coefficient (Wildman–Crippen LogP) is 3.31. The number of likely N-dealkylation sites (tertiary alicyclic amines) is 1. The second-order valence-electron chi connectivity index (χ2n) is 6.41. The molecule has 1 aliphatic heterocycles. The summed E-state index contributed by atoms with van der Waals surface area (Å²) < 4.78 is 5.33. The van der Waals surface area contributed by atoms with Crippen LogP contribution in [0.4, 0.5) is 0 Å². The van der Waals surface area contributed by atoms with E-state index in [1.807, 2.05) is 17.5 Å². The van der Waals surface area contributed by atoms with Gasteiger partial charge in [-0.1, -0.05) is 12.8 Å². The lowest BCUT2D eigenvalue weighted by molar-refractivity contribution is 0.0835. The standard InChI is InChI=1S/C18H24N2O3S/c19-18(22)13-9-15(24-12-13)11-20-7-3-1-2-5-14(20)10-16(21)17-6-4-8-23-17/h4,6,8-9,12,14,16,21H,1-3,5,7,10-11H2,(H2,19,22)/t14-,16+/m1/s1. The maximum Gasteiger partial charge on any atom is 0.249 e.